The van der Waals surface area contributed by atoms with Crippen LogP contribution in [0.5, 0.6) is 0 Å². The molecule has 0 N–H and O–H groups in total. The minimum absolute atomic E-state index is 0.0546. The summed E-state index contributed by atoms with van der Waals surface area (Å²) in [5.74, 6) is 0.0546. The lowest BCUT2D eigenvalue weighted by Gasteiger charge is -2.13. The monoisotopic (exact) mass is 375 g/mol. The van der Waals surface area contributed by atoms with Crippen LogP contribution in [0.2, 0.25) is 0 Å². The Morgan fingerprint density at radius 2 is 1.31 bits per heavy atom. The number of hydrogen-bond acceptors (Lipinski definition) is 1. The first kappa shape index (κ1) is 17.4. The first-order valence-electron chi connectivity index (χ1n) is 9.82. The smallest absolute Gasteiger partial charge is 0.153 e. The van der Waals surface area contributed by atoms with Crippen LogP contribution in [-0.2, 0) is 11.8 Å². The minimum Gasteiger partial charge on any atom is -0.343 e. The van der Waals surface area contributed by atoms with Crippen molar-refractivity contribution in [1.82, 2.24) is 4.57 Å². The molecule has 0 aliphatic heterocycles. The third kappa shape index (κ3) is 2.68. The van der Waals surface area contributed by atoms with Crippen LogP contribution in [-0.4, -0.2) is 10.4 Å². The molecule has 0 saturated heterocycles. The number of rotatable bonds is 3. The van der Waals surface area contributed by atoms with E-state index in [4.69, 9.17) is 0 Å². The van der Waals surface area contributed by atoms with Crippen molar-refractivity contribution in [3.05, 3.63) is 113 Å². The molecule has 0 amide bonds. The summed E-state index contributed by atoms with van der Waals surface area (Å²) in [6.45, 7) is 1.62. The number of benzene rings is 3. The molecule has 1 heterocycles. The first-order chi connectivity index (χ1) is 14.2. The van der Waals surface area contributed by atoms with Crippen LogP contribution < -0.4 is 0 Å². The van der Waals surface area contributed by atoms with Crippen molar-refractivity contribution < 1.29 is 4.79 Å². The number of carbonyl (C=O) groups is 1. The number of hydrogen-bond donors (Lipinski definition) is 0. The summed E-state index contributed by atoms with van der Waals surface area (Å²) < 4.78 is 2.22. The second kappa shape index (κ2) is 6.75. The Morgan fingerprint density at radius 3 is 1.93 bits per heavy atom. The van der Waals surface area contributed by atoms with Crippen molar-refractivity contribution in [2.45, 2.75) is 6.92 Å². The van der Waals surface area contributed by atoms with Gasteiger partial charge in [-0.05, 0) is 35.8 Å². The van der Waals surface area contributed by atoms with Crippen molar-refractivity contribution in [2.24, 2.45) is 7.05 Å². The van der Waals surface area contributed by atoms with Gasteiger partial charge in [-0.3, -0.25) is 4.79 Å². The van der Waals surface area contributed by atoms with Gasteiger partial charge >= 0.3 is 0 Å². The lowest BCUT2D eigenvalue weighted by molar-refractivity contribution is -0.112. The van der Waals surface area contributed by atoms with E-state index in [2.05, 4.69) is 84.4 Å². The Hall–Kier alpha value is -3.65. The Morgan fingerprint density at radius 1 is 0.759 bits per heavy atom. The average Bonchev–Trinajstić information content (AvgIpc) is 3.23. The highest BCUT2D eigenvalue weighted by Gasteiger charge is 2.33. The molecule has 2 heteroatoms. The van der Waals surface area contributed by atoms with Gasteiger partial charge < -0.3 is 4.57 Å². The molecule has 0 spiro atoms. The predicted molar refractivity (Wildman–Crippen MR) is 120 cm³/mol. The number of nitrogens with zero attached hydrogens (tertiary/aromatic N) is 1. The van der Waals surface area contributed by atoms with Gasteiger partial charge in [0.05, 0.1) is 5.69 Å². The zero-order chi connectivity index (χ0) is 20.0. The van der Waals surface area contributed by atoms with E-state index in [9.17, 15) is 4.79 Å². The summed E-state index contributed by atoms with van der Waals surface area (Å²) in [6, 6.07) is 29.3. The number of aryl methyl sites for hydroxylation is 1. The van der Waals surface area contributed by atoms with E-state index in [0.29, 0.717) is 0 Å². The molecule has 0 saturated carbocycles. The maximum absolute atomic E-state index is 12.2. The zero-order valence-corrected chi connectivity index (χ0v) is 16.5. The van der Waals surface area contributed by atoms with E-state index in [0.717, 1.165) is 28.0 Å². The van der Waals surface area contributed by atoms with E-state index < -0.39 is 0 Å². The highest BCUT2D eigenvalue weighted by Crippen LogP contribution is 2.52. The molecule has 5 rings (SSSR count). The first-order valence-corrected chi connectivity index (χ1v) is 9.82. The van der Waals surface area contributed by atoms with E-state index in [1.165, 1.54) is 22.0 Å². The molecule has 0 radical (unpaired) electrons. The van der Waals surface area contributed by atoms with Crippen LogP contribution in [0.15, 0.2) is 91.0 Å². The third-order valence-electron chi connectivity index (χ3n) is 5.60. The molecular formula is C27H21NO. The Kier molecular flexibility index (Phi) is 4.06. The van der Waals surface area contributed by atoms with Crippen molar-refractivity contribution in [3.8, 4) is 0 Å². The van der Waals surface area contributed by atoms with Gasteiger partial charge in [0, 0.05) is 34.7 Å². The second-order valence-corrected chi connectivity index (χ2v) is 7.45. The van der Waals surface area contributed by atoms with Crippen molar-refractivity contribution >= 4 is 33.4 Å². The number of ketones is 1. The molecule has 0 fully saturated rings. The summed E-state index contributed by atoms with van der Waals surface area (Å²) in [7, 11) is 2.09. The molecular weight excluding hydrogens is 354 g/mol. The van der Waals surface area contributed by atoms with E-state index in [1.807, 2.05) is 12.1 Å². The molecule has 0 atom stereocenters. The number of allylic oxidation sites excluding steroid dienone is 3. The average molecular weight is 375 g/mol. The summed E-state index contributed by atoms with van der Waals surface area (Å²) in [5, 5.41) is 1.21. The molecule has 0 bridgehead atoms. The van der Waals surface area contributed by atoms with Gasteiger partial charge in [0.1, 0.15) is 0 Å². The maximum Gasteiger partial charge on any atom is 0.153 e. The second-order valence-electron chi connectivity index (χ2n) is 7.45. The van der Waals surface area contributed by atoms with Gasteiger partial charge in [-0.1, -0.05) is 78.9 Å². The van der Waals surface area contributed by atoms with Crippen LogP contribution in [0, 0.1) is 0 Å². The van der Waals surface area contributed by atoms with Gasteiger partial charge in [0.25, 0.3) is 0 Å². The SMILES string of the molecule is CC(=O)/C=C1/C(c2ccccc2)=C(c2ccccc2)c2c1n(C)c1ccccc21. The van der Waals surface area contributed by atoms with Crippen LogP contribution in [0.4, 0.5) is 0 Å². The Labute approximate surface area is 170 Å². The van der Waals surface area contributed by atoms with E-state index in [1.54, 1.807) is 13.0 Å². The van der Waals surface area contributed by atoms with Crippen molar-refractivity contribution in [3.63, 3.8) is 0 Å². The molecule has 4 aromatic rings. The highest BCUT2D eigenvalue weighted by molar-refractivity contribution is 6.29. The fraction of sp³-hybridized carbons (Fsp3) is 0.0741. The van der Waals surface area contributed by atoms with Crippen molar-refractivity contribution in [2.75, 3.05) is 0 Å². The molecule has 1 aliphatic rings. The number of para-hydroxylation sites is 1. The predicted octanol–water partition coefficient (Wildman–Crippen LogP) is 6.12. The lowest BCUT2D eigenvalue weighted by Crippen LogP contribution is -1.98. The zero-order valence-electron chi connectivity index (χ0n) is 16.5. The van der Waals surface area contributed by atoms with Crippen LogP contribution in [0.1, 0.15) is 29.3 Å². The number of carbonyl (C=O) groups excluding carboxylic acids is 1. The standard InChI is InChI=1S/C27H21NO/c1-18(29)17-22-24(19-11-5-3-6-12-19)25(20-13-7-4-8-14-20)26-21-15-9-10-16-23(21)28(2)27(22)26/h3-17H,1-2H3/b22-17-. The molecule has 1 aliphatic carbocycles. The molecule has 29 heavy (non-hydrogen) atoms. The third-order valence-corrected chi connectivity index (χ3v) is 5.60. The maximum atomic E-state index is 12.2. The molecule has 3 aromatic carbocycles. The van der Waals surface area contributed by atoms with Crippen LogP contribution in [0.3, 0.4) is 0 Å². The minimum atomic E-state index is 0.0546. The van der Waals surface area contributed by atoms with E-state index in [-0.39, 0.29) is 5.78 Å². The topological polar surface area (TPSA) is 22.0 Å². The van der Waals surface area contributed by atoms with Gasteiger partial charge in [0.15, 0.2) is 5.78 Å². The van der Waals surface area contributed by atoms with Gasteiger partial charge in [-0.25, -0.2) is 0 Å². The Bertz CT molecular complexity index is 1300. The van der Waals surface area contributed by atoms with Gasteiger partial charge in [-0.15, -0.1) is 0 Å². The summed E-state index contributed by atoms with van der Waals surface area (Å²) in [4.78, 5) is 12.2. The van der Waals surface area contributed by atoms with Gasteiger partial charge in [0.2, 0.25) is 0 Å². The largest absolute Gasteiger partial charge is 0.343 e. The molecule has 140 valence electrons. The quantitative estimate of drug-likeness (QED) is 0.395. The molecule has 2 nitrogen and oxygen atoms in total. The van der Waals surface area contributed by atoms with Crippen LogP contribution in [0.25, 0.3) is 27.6 Å². The lowest BCUT2D eigenvalue weighted by atomic mass is 9.92. The van der Waals surface area contributed by atoms with E-state index >= 15 is 0 Å². The summed E-state index contributed by atoms with van der Waals surface area (Å²) in [6.07, 6.45) is 1.79. The van der Waals surface area contributed by atoms with Crippen LogP contribution >= 0.6 is 0 Å². The highest BCUT2D eigenvalue weighted by atomic mass is 16.1. The van der Waals surface area contributed by atoms with Crippen molar-refractivity contribution in [1.29, 1.82) is 0 Å². The number of aromatic nitrogens is 1. The normalized spacial score (nSPS) is 14.6. The number of fused-ring (bicyclic) bond motifs is 3. The van der Waals surface area contributed by atoms with Gasteiger partial charge in [-0.2, -0.15) is 0 Å². The molecule has 0 unspecified atom stereocenters. The summed E-state index contributed by atoms with van der Waals surface area (Å²) >= 11 is 0. The molecule has 1 aromatic heterocycles. The summed E-state index contributed by atoms with van der Waals surface area (Å²) in [5.41, 5.74) is 9.09. The fourth-order valence-corrected chi connectivity index (χ4v) is 4.48. The fourth-order valence-electron chi connectivity index (χ4n) is 4.48. The Balaban J connectivity index is 1.98.